The van der Waals surface area contributed by atoms with Crippen LogP contribution in [-0.4, -0.2) is 19.6 Å². The highest BCUT2D eigenvalue weighted by atomic mass is 35.5. The number of oxime groups is 1. The first kappa shape index (κ1) is 23.8. The highest BCUT2D eigenvalue weighted by molar-refractivity contribution is 7.93. The van der Waals surface area contributed by atoms with Crippen molar-refractivity contribution < 1.29 is 39.6 Å². The van der Waals surface area contributed by atoms with E-state index in [1.54, 1.807) is 0 Å². The maximum Gasteiger partial charge on any atom is 0.516 e. The second kappa shape index (κ2) is 8.72. The lowest BCUT2D eigenvalue weighted by Gasteiger charge is -2.15. The molecule has 2 aromatic rings. The van der Waals surface area contributed by atoms with Crippen molar-refractivity contribution >= 4 is 33.0 Å². The molecule has 0 saturated heterocycles. The molecule has 0 unspecified atom stereocenters. The lowest BCUT2D eigenvalue weighted by molar-refractivity contribution is -0.138. The molecular weight excluding hydrogens is 462 g/mol. The molecule has 0 aliphatic rings. The van der Waals surface area contributed by atoms with Gasteiger partial charge in [0.15, 0.2) is 0 Å². The van der Waals surface area contributed by atoms with Crippen LogP contribution in [0.4, 0.5) is 32.0 Å². The summed E-state index contributed by atoms with van der Waals surface area (Å²) in [5, 5.41) is 3.63. The first-order valence-electron chi connectivity index (χ1n) is 7.93. The predicted molar refractivity (Wildman–Crippen MR) is 98.5 cm³/mol. The van der Waals surface area contributed by atoms with Crippen LogP contribution < -0.4 is 4.72 Å². The smallest absolute Gasteiger partial charge is 0.391 e. The van der Waals surface area contributed by atoms with Gasteiger partial charge in [-0.25, -0.2) is 0 Å². The summed E-state index contributed by atoms with van der Waals surface area (Å²) in [6.07, 6.45) is -4.62. The van der Waals surface area contributed by atoms with Gasteiger partial charge in [-0.2, -0.15) is 34.8 Å². The van der Waals surface area contributed by atoms with Gasteiger partial charge in [0.25, 0.3) is 0 Å². The minimum atomic E-state index is -5.72. The molecular formula is C17H13ClF6N2O3S. The van der Waals surface area contributed by atoms with Gasteiger partial charge in [-0.1, -0.05) is 35.0 Å². The summed E-state index contributed by atoms with van der Waals surface area (Å²) in [5.41, 5.74) is -7.48. The van der Waals surface area contributed by atoms with Crippen LogP contribution in [0.15, 0.2) is 47.6 Å². The predicted octanol–water partition coefficient (Wildman–Crippen LogP) is 5.56. The van der Waals surface area contributed by atoms with E-state index in [-0.39, 0.29) is 21.9 Å². The van der Waals surface area contributed by atoms with E-state index >= 15 is 0 Å². The quantitative estimate of drug-likeness (QED) is 0.338. The second-order valence-corrected chi connectivity index (χ2v) is 7.96. The standard InChI is InChI=1S/C17H13ClF6N2O3S/c1-10(25-29-9-11-4-2-3-5-14(11)16(19,20)21)13-8-12(18)6-7-15(13)26-30(27,28)17(22,23)24/h2-8,26H,9H2,1H3. The van der Waals surface area contributed by atoms with Crippen molar-refractivity contribution in [3.8, 4) is 0 Å². The Morgan fingerprint density at radius 2 is 1.73 bits per heavy atom. The highest BCUT2D eigenvalue weighted by Gasteiger charge is 2.46. The normalized spacial score (nSPS) is 13.3. The zero-order chi connectivity index (χ0) is 22.7. The number of hydrogen-bond acceptors (Lipinski definition) is 4. The van der Waals surface area contributed by atoms with Crippen LogP contribution in [-0.2, 0) is 27.6 Å². The number of benzene rings is 2. The van der Waals surface area contributed by atoms with E-state index in [1.807, 2.05) is 0 Å². The van der Waals surface area contributed by atoms with Crippen LogP contribution in [0.2, 0.25) is 5.02 Å². The summed E-state index contributed by atoms with van der Waals surface area (Å²) in [5.74, 6) is 0. The molecule has 0 fully saturated rings. The average molecular weight is 475 g/mol. The van der Waals surface area contributed by atoms with E-state index in [0.29, 0.717) is 0 Å². The molecule has 1 N–H and O–H groups in total. The second-order valence-electron chi connectivity index (χ2n) is 5.85. The Morgan fingerprint density at radius 1 is 1.10 bits per heavy atom. The van der Waals surface area contributed by atoms with E-state index in [1.165, 1.54) is 29.8 Å². The fraction of sp³-hybridized carbons (Fsp3) is 0.235. The van der Waals surface area contributed by atoms with Crippen molar-refractivity contribution in [1.29, 1.82) is 0 Å². The highest BCUT2D eigenvalue weighted by Crippen LogP contribution is 2.32. The number of halogens is 7. The number of hydrogen-bond donors (Lipinski definition) is 1. The van der Waals surface area contributed by atoms with E-state index in [9.17, 15) is 34.8 Å². The average Bonchev–Trinajstić information content (AvgIpc) is 2.61. The molecule has 0 atom stereocenters. The van der Waals surface area contributed by atoms with E-state index in [0.717, 1.165) is 24.3 Å². The van der Waals surface area contributed by atoms with Gasteiger partial charge < -0.3 is 4.84 Å². The topological polar surface area (TPSA) is 67.8 Å². The van der Waals surface area contributed by atoms with Crippen molar-refractivity contribution in [3.63, 3.8) is 0 Å². The van der Waals surface area contributed by atoms with Crippen molar-refractivity contribution in [1.82, 2.24) is 0 Å². The van der Waals surface area contributed by atoms with Crippen molar-refractivity contribution in [3.05, 3.63) is 64.2 Å². The Balaban J connectivity index is 2.29. The molecule has 2 rings (SSSR count). The zero-order valence-electron chi connectivity index (χ0n) is 15.0. The Hall–Kier alpha value is -2.47. The molecule has 13 heteroatoms. The Morgan fingerprint density at radius 3 is 2.33 bits per heavy atom. The maximum atomic E-state index is 13.0. The van der Waals surface area contributed by atoms with Crippen LogP contribution >= 0.6 is 11.6 Å². The third-order valence-corrected chi connectivity index (χ3v) is 5.00. The summed E-state index contributed by atoms with van der Waals surface area (Å²) in [6, 6.07) is 7.86. The molecule has 5 nitrogen and oxygen atoms in total. The van der Waals surface area contributed by atoms with Crippen molar-refractivity contribution in [2.75, 3.05) is 4.72 Å². The van der Waals surface area contributed by atoms with Crippen molar-refractivity contribution in [2.45, 2.75) is 25.2 Å². The van der Waals surface area contributed by atoms with E-state index in [4.69, 9.17) is 16.4 Å². The molecule has 164 valence electrons. The number of anilines is 1. The SMILES string of the molecule is CC(=NOCc1ccccc1C(F)(F)F)c1cc(Cl)ccc1NS(=O)(=O)C(F)(F)F. The zero-order valence-corrected chi connectivity index (χ0v) is 16.5. The molecule has 0 radical (unpaired) electrons. The molecule has 0 aliphatic carbocycles. The van der Waals surface area contributed by atoms with Crippen LogP contribution in [0, 0.1) is 0 Å². The largest absolute Gasteiger partial charge is 0.516 e. The van der Waals surface area contributed by atoms with Gasteiger partial charge in [0.1, 0.15) is 6.61 Å². The van der Waals surface area contributed by atoms with Crippen LogP contribution in [0.1, 0.15) is 23.6 Å². The van der Waals surface area contributed by atoms with Gasteiger partial charge in [-0.15, -0.1) is 0 Å². The number of alkyl halides is 6. The van der Waals surface area contributed by atoms with Gasteiger partial charge in [0.05, 0.1) is 17.0 Å². The first-order chi connectivity index (χ1) is 13.7. The van der Waals surface area contributed by atoms with E-state index < -0.39 is 39.6 Å². The number of rotatable bonds is 6. The minimum Gasteiger partial charge on any atom is -0.391 e. The minimum absolute atomic E-state index is 0.0527. The molecule has 0 aliphatic heterocycles. The molecule has 0 aromatic heterocycles. The third-order valence-electron chi connectivity index (χ3n) is 3.66. The fourth-order valence-electron chi connectivity index (χ4n) is 2.28. The number of sulfonamides is 1. The lowest BCUT2D eigenvalue weighted by Crippen LogP contribution is -2.30. The summed E-state index contributed by atoms with van der Waals surface area (Å²) >= 11 is 5.80. The summed E-state index contributed by atoms with van der Waals surface area (Å²) in [7, 11) is -5.72. The van der Waals surface area contributed by atoms with Gasteiger partial charge in [0.2, 0.25) is 0 Å². The Kier molecular flexibility index (Phi) is 6.92. The Labute approximate surface area is 172 Å². The molecule has 0 amide bonds. The van der Waals surface area contributed by atoms with Crippen molar-refractivity contribution in [2.24, 2.45) is 5.16 Å². The van der Waals surface area contributed by atoms with Crippen LogP contribution in [0.3, 0.4) is 0 Å². The maximum absolute atomic E-state index is 13.0. The molecule has 2 aromatic carbocycles. The van der Waals surface area contributed by atoms with Gasteiger partial charge >= 0.3 is 21.7 Å². The van der Waals surface area contributed by atoms with Gasteiger partial charge in [-0.3, -0.25) is 4.72 Å². The lowest BCUT2D eigenvalue weighted by atomic mass is 10.1. The fourth-order valence-corrected chi connectivity index (χ4v) is 3.03. The van der Waals surface area contributed by atoms with Crippen LogP contribution in [0.5, 0.6) is 0 Å². The Bertz CT molecular complexity index is 1050. The molecule has 0 saturated carbocycles. The van der Waals surface area contributed by atoms with E-state index in [2.05, 4.69) is 5.16 Å². The molecule has 0 heterocycles. The van der Waals surface area contributed by atoms with Gasteiger partial charge in [-0.05, 0) is 31.2 Å². The third kappa shape index (κ3) is 5.79. The first-order valence-corrected chi connectivity index (χ1v) is 9.79. The van der Waals surface area contributed by atoms with Gasteiger partial charge in [0, 0.05) is 16.1 Å². The molecule has 0 bridgehead atoms. The summed E-state index contributed by atoms with van der Waals surface area (Å²) < 4.78 is 101. The van der Waals surface area contributed by atoms with Crippen LogP contribution in [0.25, 0.3) is 0 Å². The molecule has 0 spiro atoms. The monoisotopic (exact) mass is 474 g/mol. The molecule has 30 heavy (non-hydrogen) atoms. The number of nitrogens with one attached hydrogen (secondary N) is 1. The summed E-state index contributed by atoms with van der Waals surface area (Å²) in [4.78, 5) is 4.91. The number of nitrogens with zero attached hydrogens (tertiary/aromatic N) is 1. The summed E-state index contributed by atoms with van der Waals surface area (Å²) in [6.45, 7) is 0.671.